The number of imide groups is 1. The predicted octanol–water partition coefficient (Wildman–Crippen LogP) is 1.94. The zero-order valence-corrected chi connectivity index (χ0v) is 14.5. The monoisotopic (exact) mass is 367 g/mol. The zero-order chi connectivity index (χ0) is 17.1. The molecule has 0 radical (unpaired) electrons. The molecule has 8 heteroatoms. The highest BCUT2D eigenvalue weighted by atomic mass is 35.5. The van der Waals surface area contributed by atoms with Gasteiger partial charge in [0.05, 0.1) is 6.42 Å². The van der Waals surface area contributed by atoms with Gasteiger partial charge in [-0.15, -0.1) is 0 Å². The summed E-state index contributed by atoms with van der Waals surface area (Å²) in [6.07, 6.45) is 0.773. The zero-order valence-electron chi connectivity index (χ0n) is 13.0. The minimum absolute atomic E-state index is 0.0117. The lowest BCUT2D eigenvalue weighted by Crippen LogP contribution is -2.58. The highest BCUT2D eigenvalue weighted by Crippen LogP contribution is 2.37. The van der Waals surface area contributed by atoms with Crippen LogP contribution in [0.15, 0.2) is 24.3 Å². The van der Waals surface area contributed by atoms with E-state index in [1.165, 1.54) is 0 Å². The van der Waals surface area contributed by atoms with Crippen molar-refractivity contribution >= 4 is 41.2 Å². The van der Waals surface area contributed by atoms with E-state index in [0.717, 1.165) is 22.8 Å². The second kappa shape index (κ2) is 7.44. The average Bonchev–Trinajstić information content (AvgIpc) is 2.79. The maximum atomic E-state index is 12.6. The molecule has 128 valence electrons. The van der Waals surface area contributed by atoms with Crippen LogP contribution in [-0.2, 0) is 9.59 Å². The number of urea groups is 1. The summed E-state index contributed by atoms with van der Waals surface area (Å²) in [5.74, 6) is 0.169. The van der Waals surface area contributed by atoms with Gasteiger partial charge in [0.2, 0.25) is 11.8 Å². The van der Waals surface area contributed by atoms with E-state index in [9.17, 15) is 14.4 Å². The Labute approximate surface area is 149 Å². The number of hydrogen-bond donors (Lipinski definition) is 2. The third-order valence-corrected chi connectivity index (χ3v) is 5.81. The van der Waals surface area contributed by atoms with Crippen LogP contribution in [0, 0.1) is 0 Å². The molecule has 2 unspecified atom stereocenters. The Kier molecular flexibility index (Phi) is 5.30. The van der Waals surface area contributed by atoms with Crippen molar-refractivity contribution in [3.63, 3.8) is 0 Å². The molecule has 0 saturated carbocycles. The number of carbonyl (C=O) groups is 3. The van der Waals surface area contributed by atoms with Crippen LogP contribution in [0.25, 0.3) is 0 Å². The van der Waals surface area contributed by atoms with Gasteiger partial charge in [-0.05, 0) is 18.1 Å². The molecule has 6 nitrogen and oxygen atoms in total. The van der Waals surface area contributed by atoms with Crippen LogP contribution in [-0.4, -0.2) is 47.6 Å². The fourth-order valence-corrected chi connectivity index (χ4v) is 4.55. The Morgan fingerprint density at radius 1 is 1.25 bits per heavy atom. The molecular weight excluding hydrogens is 350 g/mol. The maximum absolute atomic E-state index is 12.6. The van der Waals surface area contributed by atoms with Gasteiger partial charge in [-0.1, -0.05) is 29.8 Å². The molecule has 4 amide bonds. The highest BCUT2D eigenvalue weighted by molar-refractivity contribution is 7.99. The minimum atomic E-state index is -0.770. The third-order valence-electron chi connectivity index (χ3n) is 4.15. The average molecular weight is 368 g/mol. The van der Waals surface area contributed by atoms with Gasteiger partial charge in [-0.3, -0.25) is 14.9 Å². The third kappa shape index (κ3) is 3.84. The SMILES string of the molecule is O=C1CC(C(=O)N2CCSC(c3ccccc3Cl)CC2)NC(=O)N1. The van der Waals surface area contributed by atoms with Gasteiger partial charge in [-0.2, -0.15) is 11.8 Å². The molecule has 3 rings (SSSR count). The number of nitrogens with zero attached hydrogens (tertiary/aromatic N) is 1. The van der Waals surface area contributed by atoms with Crippen molar-refractivity contribution in [2.45, 2.75) is 24.1 Å². The first-order valence-electron chi connectivity index (χ1n) is 7.80. The van der Waals surface area contributed by atoms with Gasteiger partial charge in [-0.25, -0.2) is 4.79 Å². The number of hydrogen-bond acceptors (Lipinski definition) is 4. The summed E-state index contributed by atoms with van der Waals surface area (Å²) >= 11 is 8.05. The van der Waals surface area contributed by atoms with Crippen molar-refractivity contribution in [3.8, 4) is 0 Å². The molecule has 0 aromatic heterocycles. The lowest BCUT2D eigenvalue weighted by molar-refractivity contribution is -0.136. The summed E-state index contributed by atoms with van der Waals surface area (Å²) in [7, 11) is 0. The van der Waals surface area contributed by atoms with E-state index in [1.807, 2.05) is 24.3 Å². The quantitative estimate of drug-likeness (QED) is 0.837. The molecule has 2 aliphatic rings. The fraction of sp³-hybridized carbons (Fsp3) is 0.438. The fourth-order valence-electron chi connectivity index (χ4n) is 2.95. The van der Waals surface area contributed by atoms with Gasteiger partial charge < -0.3 is 10.2 Å². The Morgan fingerprint density at radius 2 is 2.04 bits per heavy atom. The van der Waals surface area contributed by atoms with Crippen molar-refractivity contribution in [2.24, 2.45) is 0 Å². The number of benzene rings is 1. The molecule has 2 N–H and O–H groups in total. The van der Waals surface area contributed by atoms with E-state index in [0.29, 0.717) is 13.1 Å². The first kappa shape index (κ1) is 17.1. The molecule has 2 atom stereocenters. The van der Waals surface area contributed by atoms with Crippen molar-refractivity contribution in [1.29, 1.82) is 0 Å². The highest BCUT2D eigenvalue weighted by Gasteiger charge is 2.33. The Morgan fingerprint density at radius 3 is 2.79 bits per heavy atom. The predicted molar refractivity (Wildman–Crippen MR) is 92.9 cm³/mol. The van der Waals surface area contributed by atoms with Crippen LogP contribution in [0.1, 0.15) is 23.7 Å². The molecule has 2 saturated heterocycles. The maximum Gasteiger partial charge on any atom is 0.322 e. The van der Waals surface area contributed by atoms with Gasteiger partial charge >= 0.3 is 6.03 Å². The Bertz CT molecular complexity index is 654. The summed E-state index contributed by atoms with van der Waals surface area (Å²) in [5, 5.41) is 5.64. The molecule has 1 aromatic rings. The molecular formula is C16H18ClN3O3S. The number of halogens is 1. The van der Waals surface area contributed by atoms with Gasteiger partial charge in [0.1, 0.15) is 6.04 Å². The van der Waals surface area contributed by atoms with Crippen molar-refractivity contribution in [3.05, 3.63) is 34.9 Å². The minimum Gasteiger partial charge on any atom is -0.340 e. The molecule has 2 fully saturated rings. The standard InChI is InChI=1S/C16H18ClN3O3S/c17-11-4-2-1-3-10(11)13-5-6-20(7-8-24-13)15(22)12-9-14(21)19-16(23)18-12/h1-4,12-13H,5-9H2,(H2,18,19,21,23). The summed E-state index contributed by atoms with van der Waals surface area (Å²) < 4.78 is 0. The van der Waals surface area contributed by atoms with Crippen LogP contribution in [0.3, 0.4) is 0 Å². The van der Waals surface area contributed by atoms with E-state index in [1.54, 1.807) is 16.7 Å². The second-order valence-corrected chi connectivity index (χ2v) is 7.49. The molecule has 2 heterocycles. The number of rotatable bonds is 2. The summed E-state index contributed by atoms with van der Waals surface area (Å²) in [5.41, 5.74) is 1.09. The van der Waals surface area contributed by atoms with E-state index in [4.69, 9.17) is 11.6 Å². The van der Waals surface area contributed by atoms with E-state index >= 15 is 0 Å². The second-order valence-electron chi connectivity index (χ2n) is 5.77. The number of nitrogens with one attached hydrogen (secondary N) is 2. The molecule has 2 aliphatic heterocycles. The lowest BCUT2D eigenvalue weighted by atomic mass is 10.1. The largest absolute Gasteiger partial charge is 0.340 e. The van der Waals surface area contributed by atoms with Gasteiger partial charge in [0, 0.05) is 29.1 Å². The van der Waals surface area contributed by atoms with E-state index in [-0.39, 0.29) is 17.6 Å². The Hall–Kier alpha value is -1.73. The van der Waals surface area contributed by atoms with Crippen molar-refractivity contribution < 1.29 is 14.4 Å². The van der Waals surface area contributed by atoms with E-state index < -0.39 is 18.0 Å². The molecule has 1 aromatic carbocycles. The number of thioether (sulfide) groups is 1. The van der Waals surface area contributed by atoms with Crippen LogP contribution >= 0.6 is 23.4 Å². The Balaban J connectivity index is 1.65. The van der Waals surface area contributed by atoms with Crippen LogP contribution in [0.4, 0.5) is 4.79 Å². The first-order chi connectivity index (χ1) is 11.5. The summed E-state index contributed by atoms with van der Waals surface area (Å²) in [6.45, 7) is 1.17. The van der Waals surface area contributed by atoms with Gasteiger partial charge in [0.15, 0.2) is 0 Å². The normalized spacial score (nSPS) is 24.8. The van der Waals surface area contributed by atoms with E-state index in [2.05, 4.69) is 10.6 Å². The smallest absolute Gasteiger partial charge is 0.322 e. The topological polar surface area (TPSA) is 78.5 Å². The molecule has 0 aliphatic carbocycles. The summed E-state index contributed by atoms with van der Waals surface area (Å²) in [4.78, 5) is 37.2. The number of carbonyl (C=O) groups excluding carboxylic acids is 3. The molecule has 0 spiro atoms. The van der Waals surface area contributed by atoms with Crippen molar-refractivity contribution in [1.82, 2.24) is 15.5 Å². The van der Waals surface area contributed by atoms with Crippen LogP contribution < -0.4 is 10.6 Å². The van der Waals surface area contributed by atoms with Crippen LogP contribution in [0.2, 0.25) is 5.02 Å². The van der Waals surface area contributed by atoms with Crippen molar-refractivity contribution in [2.75, 3.05) is 18.8 Å². The lowest BCUT2D eigenvalue weighted by Gasteiger charge is -2.28. The molecule has 0 bridgehead atoms. The number of amides is 4. The first-order valence-corrected chi connectivity index (χ1v) is 9.22. The summed E-state index contributed by atoms with van der Waals surface area (Å²) in [6, 6.07) is 6.38. The molecule has 24 heavy (non-hydrogen) atoms. The van der Waals surface area contributed by atoms with Crippen LogP contribution in [0.5, 0.6) is 0 Å². The van der Waals surface area contributed by atoms with Gasteiger partial charge in [0.25, 0.3) is 0 Å².